The number of rotatable bonds is 66. The van der Waals surface area contributed by atoms with E-state index in [0.717, 1.165) is 57.8 Å². The molecule has 1 amide bonds. The van der Waals surface area contributed by atoms with Crippen LogP contribution in [0.15, 0.2) is 36.5 Å². The van der Waals surface area contributed by atoms with Crippen LogP contribution < -0.4 is 5.32 Å². The first kappa shape index (κ1) is 82.9. The fraction of sp³-hybridized carbons (Fsp3) is 0.895. The van der Waals surface area contributed by atoms with Crippen molar-refractivity contribution in [2.75, 3.05) is 13.2 Å². The average Bonchev–Trinajstić information content (AvgIpc) is 1.30. The molecule has 1 heterocycles. The predicted octanol–water partition coefficient (Wildman–Crippen LogP) is 19.7. The number of carbonyl (C=O) groups is 2. The molecular weight excluding hydrogens is 1090 g/mol. The Kier molecular flexibility index (Phi) is 61.0. The second-order valence-corrected chi connectivity index (χ2v) is 26.4. The van der Waals surface area contributed by atoms with Gasteiger partial charge in [0.1, 0.15) is 24.4 Å². The Morgan fingerprint density at radius 1 is 0.437 bits per heavy atom. The molecule has 0 saturated carbocycles. The molecule has 512 valence electrons. The van der Waals surface area contributed by atoms with Crippen LogP contribution in [0.25, 0.3) is 0 Å². The van der Waals surface area contributed by atoms with Crippen LogP contribution >= 0.6 is 0 Å². The van der Waals surface area contributed by atoms with Gasteiger partial charge in [-0.05, 0) is 77.0 Å². The highest BCUT2D eigenvalue weighted by atomic mass is 16.7. The summed E-state index contributed by atoms with van der Waals surface area (Å²) in [7, 11) is 0. The molecule has 0 bridgehead atoms. The van der Waals surface area contributed by atoms with Gasteiger partial charge in [-0.2, -0.15) is 0 Å². The molecule has 6 N–H and O–H groups in total. The zero-order valence-electron chi connectivity index (χ0n) is 57.2. The molecular formula is C76H143NO10. The van der Waals surface area contributed by atoms with Gasteiger partial charge in [0.2, 0.25) is 5.91 Å². The van der Waals surface area contributed by atoms with Gasteiger partial charge in [0, 0.05) is 6.42 Å². The second-order valence-electron chi connectivity index (χ2n) is 26.4. The maximum Gasteiger partial charge on any atom is 0.306 e. The summed E-state index contributed by atoms with van der Waals surface area (Å²) in [5.41, 5.74) is 0. The number of hydrogen-bond acceptors (Lipinski definition) is 10. The van der Waals surface area contributed by atoms with E-state index < -0.39 is 67.4 Å². The van der Waals surface area contributed by atoms with Crippen LogP contribution in [0.1, 0.15) is 374 Å². The Balaban J connectivity index is 2.51. The molecule has 1 rings (SSSR count). The van der Waals surface area contributed by atoms with Crippen LogP contribution in [-0.2, 0) is 23.8 Å². The van der Waals surface area contributed by atoms with Gasteiger partial charge in [-0.15, -0.1) is 0 Å². The molecule has 1 fully saturated rings. The molecule has 1 aliphatic rings. The molecule has 0 aliphatic carbocycles. The van der Waals surface area contributed by atoms with Crippen molar-refractivity contribution in [3.05, 3.63) is 36.5 Å². The minimum atomic E-state index is -1.61. The van der Waals surface area contributed by atoms with Crippen LogP contribution in [0.3, 0.4) is 0 Å². The Bertz CT molecular complexity index is 1560. The molecule has 8 atom stereocenters. The van der Waals surface area contributed by atoms with Crippen LogP contribution in [0.2, 0.25) is 0 Å². The smallest absolute Gasteiger partial charge is 0.306 e. The van der Waals surface area contributed by atoms with Crippen molar-refractivity contribution in [1.82, 2.24) is 5.32 Å². The number of carbonyl (C=O) groups excluding carboxylic acids is 2. The number of hydrogen-bond donors (Lipinski definition) is 6. The molecule has 0 spiro atoms. The Labute approximate surface area is 536 Å². The van der Waals surface area contributed by atoms with Gasteiger partial charge in [-0.1, -0.05) is 327 Å². The maximum atomic E-state index is 13.5. The third-order valence-corrected chi connectivity index (χ3v) is 18.0. The number of unbranched alkanes of at least 4 members (excludes halogenated alkanes) is 48. The summed E-state index contributed by atoms with van der Waals surface area (Å²) in [6.07, 6.45) is 69.1. The Morgan fingerprint density at radius 2 is 0.759 bits per heavy atom. The largest absolute Gasteiger partial charge is 0.454 e. The highest BCUT2D eigenvalue weighted by molar-refractivity contribution is 5.80. The minimum absolute atomic E-state index is 0.127. The molecule has 8 unspecified atom stereocenters. The number of nitrogens with one attached hydrogen (secondary N) is 1. The zero-order valence-corrected chi connectivity index (χ0v) is 57.2. The first-order valence-electron chi connectivity index (χ1n) is 37.8. The average molecular weight is 1230 g/mol. The van der Waals surface area contributed by atoms with Crippen molar-refractivity contribution in [1.29, 1.82) is 0 Å². The predicted molar refractivity (Wildman–Crippen MR) is 366 cm³/mol. The van der Waals surface area contributed by atoms with Crippen LogP contribution in [-0.4, -0.2) is 99.6 Å². The normalized spacial score (nSPS) is 18.4. The van der Waals surface area contributed by atoms with E-state index in [-0.39, 0.29) is 13.0 Å². The lowest BCUT2D eigenvalue weighted by molar-refractivity contribution is -0.305. The maximum absolute atomic E-state index is 13.5. The van der Waals surface area contributed by atoms with Crippen molar-refractivity contribution in [2.45, 2.75) is 423 Å². The summed E-state index contributed by atoms with van der Waals surface area (Å²) in [4.78, 5) is 26.7. The minimum Gasteiger partial charge on any atom is -0.454 e. The third-order valence-electron chi connectivity index (χ3n) is 18.0. The van der Waals surface area contributed by atoms with Crippen molar-refractivity contribution in [3.63, 3.8) is 0 Å². The topological polar surface area (TPSA) is 175 Å². The van der Waals surface area contributed by atoms with Crippen molar-refractivity contribution >= 4 is 11.9 Å². The lowest BCUT2D eigenvalue weighted by Crippen LogP contribution is -2.61. The summed E-state index contributed by atoms with van der Waals surface area (Å²) in [5.74, 6) is -1.18. The monoisotopic (exact) mass is 1230 g/mol. The first-order chi connectivity index (χ1) is 42.7. The van der Waals surface area contributed by atoms with Crippen molar-refractivity contribution in [2.24, 2.45) is 0 Å². The Hall–Kier alpha value is -2.12. The SMILES string of the molecule is CCCCCCCC/C=C/CCCCCCCCCCCCCCCCC(O)C(=O)NC(COC1OC(CO)C(O)C(O)C1OC(=O)CCCCCCCCCCCCCCC/C=C/CCCCCCCC)C(O)/C=C/CCCCCCCCCCC. The molecule has 87 heavy (non-hydrogen) atoms. The second kappa shape index (κ2) is 64.0. The van der Waals surface area contributed by atoms with E-state index in [4.69, 9.17) is 14.2 Å². The molecule has 11 heteroatoms. The highest BCUT2D eigenvalue weighted by Crippen LogP contribution is 2.27. The van der Waals surface area contributed by atoms with Crippen LogP contribution in [0.4, 0.5) is 0 Å². The fourth-order valence-electron chi connectivity index (χ4n) is 12.1. The summed E-state index contributed by atoms with van der Waals surface area (Å²) in [5, 5.41) is 57.3. The van der Waals surface area contributed by atoms with Gasteiger partial charge in [-0.3, -0.25) is 9.59 Å². The van der Waals surface area contributed by atoms with E-state index in [1.807, 2.05) is 6.08 Å². The number of aliphatic hydroxyl groups is 5. The molecule has 0 aromatic heterocycles. The van der Waals surface area contributed by atoms with E-state index in [9.17, 15) is 35.1 Å². The molecule has 0 radical (unpaired) electrons. The van der Waals surface area contributed by atoms with E-state index in [1.165, 1.54) is 270 Å². The van der Waals surface area contributed by atoms with Crippen molar-refractivity contribution < 1.29 is 49.3 Å². The lowest BCUT2D eigenvalue weighted by atomic mass is 9.99. The number of amides is 1. The summed E-state index contributed by atoms with van der Waals surface area (Å²) >= 11 is 0. The summed E-state index contributed by atoms with van der Waals surface area (Å²) < 4.78 is 17.7. The number of allylic oxidation sites excluding steroid dienone is 5. The van der Waals surface area contributed by atoms with Gasteiger partial charge in [-0.25, -0.2) is 0 Å². The van der Waals surface area contributed by atoms with E-state index in [2.05, 4.69) is 50.4 Å². The van der Waals surface area contributed by atoms with Gasteiger partial charge >= 0.3 is 5.97 Å². The summed E-state index contributed by atoms with van der Waals surface area (Å²) in [6, 6.07) is -1.02. The molecule has 1 aliphatic heterocycles. The molecule has 1 saturated heterocycles. The Morgan fingerprint density at radius 3 is 1.11 bits per heavy atom. The number of ether oxygens (including phenoxy) is 3. The lowest BCUT2D eigenvalue weighted by Gasteiger charge is -2.41. The molecule has 0 aromatic carbocycles. The quantitative estimate of drug-likeness (QED) is 0.0195. The van der Waals surface area contributed by atoms with Crippen molar-refractivity contribution in [3.8, 4) is 0 Å². The zero-order chi connectivity index (χ0) is 63.1. The van der Waals surface area contributed by atoms with E-state index in [0.29, 0.717) is 19.3 Å². The first-order valence-corrected chi connectivity index (χ1v) is 37.8. The summed E-state index contributed by atoms with van der Waals surface area (Å²) in [6.45, 7) is 5.84. The van der Waals surface area contributed by atoms with E-state index in [1.54, 1.807) is 6.08 Å². The number of esters is 1. The van der Waals surface area contributed by atoms with Crippen LogP contribution in [0, 0.1) is 0 Å². The molecule has 11 nitrogen and oxygen atoms in total. The van der Waals surface area contributed by atoms with Gasteiger partial charge < -0.3 is 45.1 Å². The molecule has 0 aromatic rings. The highest BCUT2D eigenvalue weighted by Gasteiger charge is 2.47. The van der Waals surface area contributed by atoms with Gasteiger partial charge in [0.25, 0.3) is 0 Å². The van der Waals surface area contributed by atoms with Crippen LogP contribution in [0.5, 0.6) is 0 Å². The standard InChI is InChI=1S/C76H143NO10/c1-4-7-10-13-16-19-22-24-26-28-30-32-34-36-37-39-41-43-45-48-51-54-57-60-63-69(80)75(84)77-67(68(79)62-59-56-53-50-47-21-18-15-12-9-6-3)66-85-76-74(73(83)72(82)70(65-78)86-76)87-71(81)64-61-58-55-52-49-46-44-42-40-38-35-33-31-29-27-25-23-20-17-14-11-8-5-2/h24-27,59,62,67-70,72-74,76,78-80,82-83H,4-23,28-58,60-61,63-66H2,1-3H3,(H,77,84)/b26-24+,27-25+,62-59+. The third kappa shape index (κ3) is 51.1. The van der Waals surface area contributed by atoms with Gasteiger partial charge in [0.05, 0.1) is 25.4 Å². The fourth-order valence-corrected chi connectivity index (χ4v) is 12.1. The van der Waals surface area contributed by atoms with E-state index >= 15 is 0 Å². The van der Waals surface area contributed by atoms with Gasteiger partial charge in [0.15, 0.2) is 12.4 Å². The number of aliphatic hydroxyl groups excluding tert-OH is 5.